The first-order chi connectivity index (χ1) is 9.87. The lowest BCUT2D eigenvalue weighted by Gasteiger charge is -2.34. The zero-order valence-corrected chi connectivity index (χ0v) is 13.4. The largest absolute Gasteiger partial charge is 0.444 e. The number of hydrogen-bond acceptors (Lipinski definition) is 4. The fourth-order valence-corrected chi connectivity index (χ4v) is 2.99. The van der Waals surface area contributed by atoms with Crippen molar-refractivity contribution in [1.82, 2.24) is 4.90 Å². The summed E-state index contributed by atoms with van der Waals surface area (Å²) >= 11 is 0. The van der Waals surface area contributed by atoms with Crippen LogP contribution in [0.5, 0.6) is 0 Å². The summed E-state index contributed by atoms with van der Waals surface area (Å²) in [5, 5.41) is 0. The zero-order chi connectivity index (χ0) is 15.5. The second-order valence-electron chi connectivity index (χ2n) is 7.03. The van der Waals surface area contributed by atoms with E-state index in [9.17, 15) is 9.59 Å². The van der Waals surface area contributed by atoms with Crippen LogP contribution in [0.25, 0.3) is 0 Å². The smallest absolute Gasteiger partial charge is 0.410 e. The van der Waals surface area contributed by atoms with Gasteiger partial charge in [0.15, 0.2) is 0 Å². The van der Waals surface area contributed by atoms with Crippen molar-refractivity contribution in [1.29, 1.82) is 0 Å². The third kappa shape index (κ3) is 4.70. The lowest BCUT2D eigenvalue weighted by atomic mass is 9.82. The Bertz CT molecular complexity index is 374. The molecule has 5 nitrogen and oxygen atoms in total. The molecule has 0 radical (unpaired) electrons. The number of ketones is 1. The van der Waals surface area contributed by atoms with E-state index >= 15 is 0 Å². The Labute approximate surface area is 127 Å². The summed E-state index contributed by atoms with van der Waals surface area (Å²) < 4.78 is 10.7. The second-order valence-corrected chi connectivity index (χ2v) is 7.03. The van der Waals surface area contributed by atoms with Crippen molar-refractivity contribution in [2.24, 2.45) is 11.8 Å². The second kappa shape index (κ2) is 6.77. The Morgan fingerprint density at radius 2 is 1.52 bits per heavy atom. The quantitative estimate of drug-likeness (QED) is 0.786. The van der Waals surface area contributed by atoms with E-state index in [1.165, 1.54) is 0 Å². The van der Waals surface area contributed by atoms with Crippen molar-refractivity contribution in [2.75, 3.05) is 26.3 Å². The number of hydrogen-bond donors (Lipinski definition) is 0. The molecule has 21 heavy (non-hydrogen) atoms. The molecule has 2 rings (SSSR count). The lowest BCUT2D eigenvalue weighted by Crippen LogP contribution is -2.44. The SMILES string of the molecule is CC(C)(C)OC(=O)N1CCC(C(=O)C2CCOCC2)CC1. The summed E-state index contributed by atoms with van der Waals surface area (Å²) in [4.78, 5) is 26.2. The molecular formula is C16H27NO4. The molecule has 0 unspecified atom stereocenters. The van der Waals surface area contributed by atoms with Crippen LogP contribution in [-0.2, 0) is 14.3 Å². The molecule has 2 aliphatic heterocycles. The molecule has 0 aromatic carbocycles. The van der Waals surface area contributed by atoms with Crippen LogP contribution in [0, 0.1) is 11.8 Å². The van der Waals surface area contributed by atoms with Crippen molar-refractivity contribution in [3.05, 3.63) is 0 Å². The Morgan fingerprint density at radius 1 is 1.00 bits per heavy atom. The minimum Gasteiger partial charge on any atom is -0.444 e. The van der Waals surface area contributed by atoms with Gasteiger partial charge in [-0.25, -0.2) is 4.79 Å². The van der Waals surface area contributed by atoms with Crippen LogP contribution in [0.1, 0.15) is 46.5 Å². The molecule has 120 valence electrons. The minimum absolute atomic E-state index is 0.104. The van der Waals surface area contributed by atoms with Gasteiger partial charge in [-0.15, -0.1) is 0 Å². The maximum absolute atomic E-state index is 12.5. The van der Waals surface area contributed by atoms with Crippen LogP contribution >= 0.6 is 0 Å². The molecule has 1 amide bonds. The molecule has 0 saturated carbocycles. The Kier molecular flexibility index (Phi) is 5.25. The van der Waals surface area contributed by atoms with Gasteiger partial charge in [0, 0.05) is 38.1 Å². The van der Waals surface area contributed by atoms with Crippen LogP contribution in [0.15, 0.2) is 0 Å². The molecule has 5 heteroatoms. The summed E-state index contributed by atoms with van der Waals surface area (Å²) in [6.07, 6.45) is 2.96. The Morgan fingerprint density at radius 3 is 2.05 bits per heavy atom. The predicted octanol–water partition coefficient (Wildman–Crippen LogP) is 2.63. The Balaban J connectivity index is 1.80. The molecule has 0 aliphatic carbocycles. The van der Waals surface area contributed by atoms with E-state index < -0.39 is 5.60 Å². The van der Waals surface area contributed by atoms with Crippen molar-refractivity contribution < 1.29 is 19.1 Å². The van der Waals surface area contributed by atoms with Crippen molar-refractivity contribution in [3.63, 3.8) is 0 Å². The molecule has 2 heterocycles. The third-order valence-corrected chi connectivity index (χ3v) is 4.17. The van der Waals surface area contributed by atoms with E-state index in [2.05, 4.69) is 0 Å². The number of rotatable bonds is 2. The highest BCUT2D eigenvalue weighted by Gasteiger charge is 2.33. The molecule has 0 N–H and O–H groups in total. The molecule has 2 aliphatic rings. The van der Waals surface area contributed by atoms with Gasteiger partial charge in [0.25, 0.3) is 0 Å². The number of nitrogens with zero attached hydrogens (tertiary/aromatic N) is 1. The van der Waals surface area contributed by atoms with Gasteiger partial charge in [-0.3, -0.25) is 4.79 Å². The average molecular weight is 297 g/mol. The van der Waals surface area contributed by atoms with E-state index in [4.69, 9.17) is 9.47 Å². The Hall–Kier alpha value is -1.10. The summed E-state index contributed by atoms with van der Waals surface area (Å²) in [5.74, 6) is 0.644. The maximum Gasteiger partial charge on any atom is 0.410 e. The number of ether oxygens (including phenoxy) is 2. The number of amides is 1. The fourth-order valence-electron chi connectivity index (χ4n) is 2.99. The van der Waals surface area contributed by atoms with Crippen molar-refractivity contribution in [3.8, 4) is 0 Å². The number of likely N-dealkylation sites (tertiary alicyclic amines) is 1. The van der Waals surface area contributed by atoms with Gasteiger partial charge < -0.3 is 14.4 Å². The molecule has 2 saturated heterocycles. The van der Waals surface area contributed by atoms with Gasteiger partial charge in [-0.05, 0) is 46.5 Å². The predicted molar refractivity (Wildman–Crippen MR) is 79.1 cm³/mol. The van der Waals surface area contributed by atoms with E-state index in [0.29, 0.717) is 32.1 Å². The van der Waals surface area contributed by atoms with Gasteiger partial charge in [0.05, 0.1) is 0 Å². The molecule has 0 atom stereocenters. The molecule has 0 aromatic rings. The minimum atomic E-state index is -0.466. The zero-order valence-electron chi connectivity index (χ0n) is 13.4. The van der Waals surface area contributed by atoms with Crippen LogP contribution in [0.3, 0.4) is 0 Å². The normalized spacial score (nSPS) is 22.1. The van der Waals surface area contributed by atoms with Gasteiger partial charge in [0.1, 0.15) is 11.4 Å². The number of carbonyl (C=O) groups is 2. The summed E-state index contributed by atoms with van der Waals surface area (Å²) in [6, 6.07) is 0. The fraction of sp³-hybridized carbons (Fsp3) is 0.875. The number of Topliss-reactive ketones (excluding diaryl/α,β-unsaturated/α-hetero) is 1. The first-order valence-corrected chi connectivity index (χ1v) is 7.96. The summed E-state index contributed by atoms with van der Waals surface area (Å²) in [6.45, 7) is 8.24. The number of piperidine rings is 1. The highest BCUT2D eigenvalue weighted by Crippen LogP contribution is 2.27. The summed E-state index contributed by atoms with van der Waals surface area (Å²) in [7, 11) is 0. The highest BCUT2D eigenvalue weighted by atomic mass is 16.6. The first-order valence-electron chi connectivity index (χ1n) is 7.96. The van der Waals surface area contributed by atoms with Crippen LogP contribution in [-0.4, -0.2) is 48.7 Å². The molecule has 2 fully saturated rings. The molecular weight excluding hydrogens is 270 g/mol. The van der Waals surface area contributed by atoms with Crippen LogP contribution in [0.4, 0.5) is 4.79 Å². The average Bonchev–Trinajstić information content (AvgIpc) is 2.46. The van der Waals surface area contributed by atoms with E-state index in [-0.39, 0.29) is 17.9 Å². The molecule has 0 bridgehead atoms. The maximum atomic E-state index is 12.5. The summed E-state index contributed by atoms with van der Waals surface area (Å²) in [5.41, 5.74) is -0.466. The van der Waals surface area contributed by atoms with E-state index in [0.717, 1.165) is 25.7 Å². The lowest BCUT2D eigenvalue weighted by molar-refractivity contribution is -0.131. The van der Waals surface area contributed by atoms with Crippen molar-refractivity contribution in [2.45, 2.75) is 52.1 Å². The van der Waals surface area contributed by atoms with Gasteiger partial charge in [0.2, 0.25) is 0 Å². The van der Waals surface area contributed by atoms with E-state index in [1.807, 2.05) is 20.8 Å². The van der Waals surface area contributed by atoms with Crippen LogP contribution < -0.4 is 0 Å². The highest BCUT2D eigenvalue weighted by molar-refractivity contribution is 5.83. The van der Waals surface area contributed by atoms with Gasteiger partial charge in [-0.1, -0.05) is 0 Å². The molecule has 0 aromatic heterocycles. The van der Waals surface area contributed by atoms with Crippen LogP contribution in [0.2, 0.25) is 0 Å². The third-order valence-electron chi connectivity index (χ3n) is 4.17. The van der Waals surface area contributed by atoms with Gasteiger partial charge >= 0.3 is 6.09 Å². The van der Waals surface area contributed by atoms with E-state index in [1.54, 1.807) is 4.90 Å². The van der Waals surface area contributed by atoms with Crippen molar-refractivity contribution >= 4 is 11.9 Å². The molecule has 0 spiro atoms. The number of carbonyl (C=O) groups excluding carboxylic acids is 2. The monoisotopic (exact) mass is 297 g/mol. The first kappa shape index (κ1) is 16.3. The topological polar surface area (TPSA) is 55.8 Å². The standard InChI is InChI=1S/C16H27NO4/c1-16(2,3)21-15(19)17-8-4-12(5-9-17)14(18)13-6-10-20-11-7-13/h12-13H,4-11H2,1-3H3. The van der Waals surface area contributed by atoms with Gasteiger partial charge in [-0.2, -0.15) is 0 Å².